The molecule has 0 saturated heterocycles. The summed E-state index contributed by atoms with van der Waals surface area (Å²) < 4.78 is 1.85. The highest BCUT2D eigenvalue weighted by atomic mass is 16.2. The molecule has 4 aromatic rings. The highest BCUT2D eigenvalue weighted by molar-refractivity contribution is 5.99. The van der Waals surface area contributed by atoms with Gasteiger partial charge in [-0.1, -0.05) is 30.3 Å². The van der Waals surface area contributed by atoms with Gasteiger partial charge < -0.3 is 10.6 Å². The predicted molar refractivity (Wildman–Crippen MR) is 106 cm³/mol. The van der Waals surface area contributed by atoms with Crippen molar-refractivity contribution >= 4 is 23.3 Å². The van der Waals surface area contributed by atoms with E-state index >= 15 is 0 Å². The molecule has 138 valence electrons. The van der Waals surface area contributed by atoms with Gasteiger partial charge in [0, 0.05) is 35.4 Å². The van der Waals surface area contributed by atoms with Crippen LogP contribution in [0.1, 0.15) is 10.4 Å². The van der Waals surface area contributed by atoms with Gasteiger partial charge in [0.05, 0.1) is 12.2 Å². The molecule has 7 nitrogen and oxygen atoms in total. The maximum atomic E-state index is 12.1. The summed E-state index contributed by atoms with van der Waals surface area (Å²) in [5.74, 6) is 0.0459. The molecule has 0 aliphatic rings. The third-order valence-corrected chi connectivity index (χ3v) is 4.15. The number of rotatable bonds is 5. The van der Waals surface area contributed by atoms with Crippen LogP contribution in [0.2, 0.25) is 0 Å². The molecule has 2 heterocycles. The van der Waals surface area contributed by atoms with Gasteiger partial charge >= 0.3 is 0 Å². The predicted octanol–water partition coefficient (Wildman–Crippen LogP) is 2.76. The molecule has 2 amide bonds. The largest absolute Gasteiger partial charge is 0.343 e. The maximum Gasteiger partial charge on any atom is 0.251 e. The van der Waals surface area contributed by atoms with Crippen LogP contribution in [0.25, 0.3) is 17.0 Å². The lowest BCUT2D eigenvalue weighted by atomic mass is 10.1. The Bertz CT molecular complexity index is 1090. The average molecular weight is 371 g/mol. The Labute approximate surface area is 161 Å². The van der Waals surface area contributed by atoms with Gasteiger partial charge in [-0.3, -0.25) is 14.0 Å². The van der Waals surface area contributed by atoms with Crippen molar-refractivity contribution in [1.29, 1.82) is 0 Å². The lowest BCUT2D eigenvalue weighted by Crippen LogP contribution is -2.32. The van der Waals surface area contributed by atoms with E-state index in [0.717, 1.165) is 11.3 Å². The minimum Gasteiger partial charge on any atom is -0.343 e. The number of hydrogen-bond donors (Lipinski definition) is 2. The van der Waals surface area contributed by atoms with Crippen LogP contribution >= 0.6 is 0 Å². The highest BCUT2D eigenvalue weighted by Crippen LogP contribution is 2.20. The van der Waals surface area contributed by atoms with E-state index in [1.54, 1.807) is 42.6 Å². The van der Waals surface area contributed by atoms with E-state index in [-0.39, 0.29) is 18.4 Å². The lowest BCUT2D eigenvalue weighted by molar-refractivity contribution is -0.115. The molecule has 2 aromatic heterocycles. The monoisotopic (exact) mass is 371 g/mol. The van der Waals surface area contributed by atoms with E-state index in [4.69, 9.17) is 0 Å². The number of amides is 2. The first-order valence-corrected chi connectivity index (χ1v) is 8.72. The number of anilines is 1. The Morgan fingerprint density at radius 2 is 1.75 bits per heavy atom. The summed E-state index contributed by atoms with van der Waals surface area (Å²) in [7, 11) is 0. The zero-order valence-corrected chi connectivity index (χ0v) is 14.9. The second-order valence-electron chi connectivity index (χ2n) is 6.13. The minimum atomic E-state index is -0.297. The second kappa shape index (κ2) is 7.71. The van der Waals surface area contributed by atoms with Gasteiger partial charge in [-0.25, -0.2) is 9.97 Å². The van der Waals surface area contributed by atoms with Crippen molar-refractivity contribution in [2.45, 2.75) is 0 Å². The molecule has 0 fully saturated rings. The third-order valence-electron chi connectivity index (χ3n) is 4.15. The lowest BCUT2D eigenvalue weighted by Gasteiger charge is -2.07. The summed E-state index contributed by atoms with van der Waals surface area (Å²) in [6.45, 7) is -0.104. The molecular weight excluding hydrogens is 354 g/mol. The number of fused-ring (bicyclic) bond motifs is 1. The fraction of sp³-hybridized carbons (Fsp3) is 0.0476. The number of aromatic nitrogens is 3. The average Bonchev–Trinajstić information content (AvgIpc) is 3.17. The van der Waals surface area contributed by atoms with Crippen LogP contribution in [0.3, 0.4) is 0 Å². The summed E-state index contributed by atoms with van der Waals surface area (Å²) in [6.07, 6.45) is 5.48. The smallest absolute Gasteiger partial charge is 0.251 e. The van der Waals surface area contributed by atoms with Gasteiger partial charge in [0.15, 0.2) is 0 Å². The van der Waals surface area contributed by atoms with Gasteiger partial charge in [0.2, 0.25) is 11.7 Å². The summed E-state index contributed by atoms with van der Waals surface area (Å²) in [5.41, 5.74) is 2.87. The quantitative estimate of drug-likeness (QED) is 0.565. The molecule has 0 aliphatic carbocycles. The Morgan fingerprint density at radius 3 is 2.50 bits per heavy atom. The first-order valence-electron chi connectivity index (χ1n) is 8.72. The zero-order chi connectivity index (χ0) is 19.3. The Balaban J connectivity index is 1.36. The summed E-state index contributed by atoms with van der Waals surface area (Å²) in [6, 6.07) is 17.9. The van der Waals surface area contributed by atoms with Crippen LogP contribution in [-0.2, 0) is 4.79 Å². The van der Waals surface area contributed by atoms with E-state index in [9.17, 15) is 9.59 Å². The van der Waals surface area contributed by atoms with Crippen LogP contribution in [0, 0.1) is 0 Å². The number of carbonyl (C=O) groups is 2. The van der Waals surface area contributed by atoms with Crippen molar-refractivity contribution in [3.05, 3.63) is 84.8 Å². The summed E-state index contributed by atoms with van der Waals surface area (Å²) >= 11 is 0. The minimum absolute atomic E-state index is 0.104. The fourth-order valence-electron chi connectivity index (χ4n) is 2.75. The molecule has 0 atom stereocenters. The van der Waals surface area contributed by atoms with E-state index in [2.05, 4.69) is 20.6 Å². The van der Waals surface area contributed by atoms with E-state index in [0.29, 0.717) is 17.0 Å². The SMILES string of the molecule is O=C(CNC(=O)c1ccccc1)Nc1ccc(-c2cn3cccnc3n2)cc1. The van der Waals surface area contributed by atoms with Crippen LogP contribution < -0.4 is 10.6 Å². The molecule has 0 unspecified atom stereocenters. The number of nitrogens with one attached hydrogen (secondary N) is 2. The molecular formula is C21H17N5O2. The van der Waals surface area contributed by atoms with Crippen LogP contribution in [-0.4, -0.2) is 32.7 Å². The molecule has 0 aliphatic heterocycles. The fourth-order valence-corrected chi connectivity index (χ4v) is 2.75. The number of nitrogens with zero attached hydrogens (tertiary/aromatic N) is 3. The van der Waals surface area contributed by atoms with E-state index in [1.165, 1.54) is 0 Å². The molecule has 0 spiro atoms. The molecule has 2 N–H and O–H groups in total. The number of hydrogen-bond acceptors (Lipinski definition) is 4. The summed E-state index contributed by atoms with van der Waals surface area (Å²) in [5, 5.41) is 5.36. The molecule has 0 radical (unpaired) electrons. The number of benzene rings is 2. The molecule has 4 rings (SSSR count). The standard InChI is InChI=1S/C21H17N5O2/c27-19(13-23-20(28)16-5-2-1-3-6-16)24-17-9-7-15(8-10-17)18-14-26-12-4-11-22-21(26)25-18/h1-12,14H,13H2,(H,23,28)(H,24,27). The van der Waals surface area contributed by atoms with Gasteiger partial charge in [-0.15, -0.1) is 0 Å². The van der Waals surface area contributed by atoms with Crippen molar-refractivity contribution in [1.82, 2.24) is 19.7 Å². The Hall–Kier alpha value is -4.00. The topological polar surface area (TPSA) is 88.4 Å². The van der Waals surface area contributed by atoms with E-state index < -0.39 is 0 Å². The molecule has 0 saturated carbocycles. The van der Waals surface area contributed by atoms with Crippen LogP contribution in [0.4, 0.5) is 5.69 Å². The van der Waals surface area contributed by atoms with Gasteiger partial charge in [-0.05, 0) is 30.3 Å². The molecule has 28 heavy (non-hydrogen) atoms. The molecule has 2 aromatic carbocycles. The Kier molecular flexibility index (Phi) is 4.79. The number of carbonyl (C=O) groups excluding carboxylic acids is 2. The first-order chi connectivity index (χ1) is 13.7. The van der Waals surface area contributed by atoms with Crippen molar-refractivity contribution in [2.24, 2.45) is 0 Å². The van der Waals surface area contributed by atoms with Gasteiger partial charge in [-0.2, -0.15) is 0 Å². The van der Waals surface area contributed by atoms with Crippen LogP contribution in [0.5, 0.6) is 0 Å². The molecule has 7 heteroatoms. The zero-order valence-electron chi connectivity index (χ0n) is 14.9. The van der Waals surface area contributed by atoms with Gasteiger partial charge in [0.1, 0.15) is 0 Å². The molecule has 0 bridgehead atoms. The van der Waals surface area contributed by atoms with Crippen molar-refractivity contribution in [3.8, 4) is 11.3 Å². The van der Waals surface area contributed by atoms with Crippen molar-refractivity contribution in [2.75, 3.05) is 11.9 Å². The maximum absolute atomic E-state index is 12.1. The first kappa shape index (κ1) is 17.4. The normalized spacial score (nSPS) is 10.6. The van der Waals surface area contributed by atoms with Crippen LogP contribution in [0.15, 0.2) is 79.3 Å². The van der Waals surface area contributed by atoms with Crippen molar-refractivity contribution in [3.63, 3.8) is 0 Å². The van der Waals surface area contributed by atoms with E-state index in [1.807, 2.05) is 41.1 Å². The highest BCUT2D eigenvalue weighted by Gasteiger charge is 2.09. The Morgan fingerprint density at radius 1 is 0.964 bits per heavy atom. The van der Waals surface area contributed by atoms with Gasteiger partial charge in [0.25, 0.3) is 5.91 Å². The summed E-state index contributed by atoms with van der Waals surface area (Å²) in [4.78, 5) is 32.7. The number of imidazole rings is 1. The third kappa shape index (κ3) is 3.88. The second-order valence-corrected chi connectivity index (χ2v) is 6.13. The van der Waals surface area contributed by atoms with Crippen molar-refractivity contribution < 1.29 is 9.59 Å².